The van der Waals surface area contributed by atoms with Crippen molar-refractivity contribution in [2.75, 3.05) is 19.6 Å². The molecule has 6 nitrogen and oxygen atoms in total. The monoisotopic (exact) mass is 272 g/mol. The maximum absolute atomic E-state index is 11.8. The first-order valence-corrected chi connectivity index (χ1v) is 6.75. The van der Waals surface area contributed by atoms with Gasteiger partial charge in [-0.05, 0) is 39.5 Å². The fourth-order valence-corrected chi connectivity index (χ4v) is 1.98. The summed E-state index contributed by atoms with van der Waals surface area (Å²) in [5, 5.41) is 21.8. The maximum atomic E-state index is 11.8. The Morgan fingerprint density at radius 3 is 2.79 bits per heavy atom. The van der Waals surface area contributed by atoms with Gasteiger partial charge in [-0.1, -0.05) is 0 Å². The highest BCUT2D eigenvalue weighted by molar-refractivity contribution is 5.87. The standard InChI is InChI=1S/C13H24N2O4/c1-13(2,19)6-7-14-11(17)9-15-8-4-3-5-10(16)12(15)18/h10,16,19H,3-9H2,1-2H3,(H,14,17). The molecule has 1 rings (SSSR count). The van der Waals surface area contributed by atoms with Gasteiger partial charge in [0.25, 0.3) is 5.91 Å². The SMILES string of the molecule is CC(C)(O)CCNC(=O)CN1CCCCC(O)C1=O. The summed E-state index contributed by atoms with van der Waals surface area (Å²) >= 11 is 0. The molecule has 1 aliphatic rings. The number of hydrogen-bond donors (Lipinski definition) is 3. The van der Waals surface area contributed by atoms with Crippen LogP contribution in [0.3, 0.4) is 0 Å². The largest absolute Gasteiger partial charge is 0.390 e. The summed E-state index contributed by atoms with van der Waals surface area (Å²) in [6.45, 7) is 4.20. The molecule has 1 fully saturated rings. The van der Waals surface area contributed by atoms with E-state index in [1.54, 1.807) is 13.8 Å². The van der Waals surface area contributed by atoms with Crippen LogP contribution in [0.15, 0.2) is 0 Å². The topological polar surface area (TPSA) is 89.9 Å². The molecule has 6 heteroatoms. The molecular formula is C13H24N2O4. The Kier molecular flexibility index (Phi) is 5.75. The van der Waals surface area contributed by atoms with Crippen LogP contribution in [0.1, 0.15) is 39.5 Å². The number of aliphatic hydroxyl groups is 2. The van der Waals surface area contributed by atoms with Gasteiger partial charge in [0, 0.05) is 13.1 Å². The lowest BCUT2D eigenvalue weighted by Gasteiger charge is -2.22. The number of nitrogens with one attached hydrogen (secondary N) is 1. The molecule has 1 unspecified atom stereocenters. The van der Waals surface area contributed by atoms with Crippen LogP contribution < -0.4 is 5.32 Å². The van der Waals surface area contributed by atoms with E-state index in [9.17, 15) is 19.8 Å². The Morgan fingerprint density at radius 2 is 2.16 bits per heavy atom. The highest BCUT2D eigenvalue weighted by atomic mass is 16.3. The number of aliphatic hydroxyl groups excluding tert-OH is 1. The van der Waals surface area contributed by atoms with Crippen LogP contribution in [-0.2, 0) is 9.59 Å². The van der Waals surface area contributed by atoms with Crippen LogP contribution in [0.2, 0.25) is 0 Å². The van der Waals surface area contributed by atoms with Crippen molar-refractivity contribution in [3.63, 3.8) is 0 Å². The van der Waals surface area contributed by atoms with Crippen molar-refractivity contribution in [3.8, 4) is 0 Å². The molecule has 19 heavy (non-hydrogen) atoms. The van der Waals surface area contributed by atoms with Crippen molar-refractivity contribution in [2.45, 2.75) is 51.2 Å². The molecule has 0 saturated carbocycles. The van der Waals surface area contributed by atoms with Gasteiger partial charge in [0.15, 0.2) is 0 Å². The van der Waals surface area contributed by atoms with Crippen LogP contribution in [-0.4, -0.2) is 58.3 Å². The molecule has 2 amide bonds. The number of carbonyl (C=O) groups is 2. The van der Waals surface area contributed by atoms with Crippen molar-refractivity contribution >= 4 is 11.8 Å². The predicted octanol–water partition coefficient (Wildman–Crippen LogP) is -0.363. The normalized spacial score (nSPS) is 21.2. The number of carbonyl (C=O) groups excluding carboxylic acids is 2. The highest BCUT2D eigenvalue weighted by Gasteiger charge is 2.26. The number of nitrogens with zero attached hydrogens (tertiary/aromatic N) is 1. The van der Waals surface area contributed by atoms with Gasteiger partial charge in [0.05, 0.1) is 12.1 Å². The second kappa shape index (κ2) is 6.86. The summed E-state index contributed by atoms with van der Waals surface area (Å²) < 4.78 is 0. The minimum atomic E-state index is -0.980. The van der Waals surface area contributed by atoms with Crippen molar-refractivity contribution in [3.05, 3.63) is 0 Å². The van der Waals surface area contributed by atoms with Crippen LogP contribution >= 0.6 is 0 Å². The molecule has 0 spiro atoms. The third kappa shape index (κ3) is 6.02. The van der Waals surface area contributed by atoms with E-state index >= 15 is 0 Å². The molecule has 110 valence electrons. The zero-order valence-corrected chi connectivity index (χ0v) is 11.7. The summed E-state index contributed by atoms with van der Waals surface area (Å²) in [4.78, 5) is 24.9. The smallest absolute Gasteiger partial charge is 0.251 e. The molecule has 0 aromatic heterocycles. The number of rotatable bonds is 5. The van der Waals surface area contributed by atoms with E-state index in [1.807, 2.05) is 0 Å². The van der Waals surface area contributed by atoms with Gasteiger partial charge in [-0.25, -0.2) is 0 Å². The molecule has 1 atom stereocenters. The average Bonchev–Trinajstić information content (AvgIpc) is 2.43. The molecule has 1 heterocycles. The molecule has 0 aliphatic carbocycles. The molecule has 3 N–H and O–H groups in total. The van der Waals surface area contributed by atoms with Gasteiger partial charge in [-0.2, -0.15) is 0 Å². The first kappa shape index (κ1) is 15.9. The fraction of sp³-hybridized carbons (Fsp3) is 0.846. The lowest BCUT2D eigenvalue weighted by Crippen LogP contribution is -2.44. The van der Waals surface area contributed by atoms with Gasteiger partial charge in [0.2, 0.25) is 5.91 Å². The van der Waals surface area contributed by atoms with Crippen LogP contribution in [0.4, 0.5) is 0 Å². The second-order valence-electron chi connectivity index (χ2n) is 5.68. The minimum absolute atomic E-state index is 0.0260. The Balaban J connectivity index is 2.36. The quantitative estimate of drug-likeness (QED) is 0.637. The average molecular weight is 272 g/mol. The lowest BCUT2D eigenvalue weighted by molar-refractivity contribution is -0.142. The van der Waals surface area contributed by atoms with Gasteiger partial charge in [0.1, 0.15) is 6.10 Å². The van der Waals surface area contributed by atoms with Crippen LogP contribution in [0.25, 0.3) is 0 Å². The third-order valence-corrected chi connectivity index (χ3v) is 3.15. The van der Waals surface area contributed by atoms with Crippen LogP contribution in [0.5, 0.6) is 0 Å². The van der Waals surface area contributed by atoms with E-state index in [2.05, 4.69) is 5.32 Å². The van der Waals surface area contributed by atoms with Crippen molar-refractivity contribution in [1.29, 1.82) is 0 Å². The summed E-state index contributed by atoms with van der Waals surface area (Å²) in [7, 11) is 0. The Hall–Kier alpha value is -1.14. The van der Waals surface area contributed by atoms with E-state index in [4.69, 9.17) is 0 Å². The molecule has 0 aromatic rings. The van der Waals surface area contributed by atoms with Gasteiger partial charge in [-0.15, -0.1) is 0 Å². The molecule has 0 radical (unpaired) electrons. The van der Waals surface area contributed by atoms with E-state index in [-0.39, 0.29) is 18.4 Å². The summed E-state index contributed by atoms with van der Waals surface area (Å²) in [6, 6.07) is 0. The van der Waals surface area contributed by atoms with Gasteiger partial charge in [-0.3, -0.25) is 9.59 Å². The first-order chi connectivity index (χ1) is 8.79. The van der Waals surface area contributed by atoms with Crippen molar-refractivity contribution in [1.82, 2.24) is 10.2 Å². The lowest BCUT2D eigenvalue weighted by atomic mass is 10.1. The zero-order valence-electron chi connectivity index (χ0n) is 11.7. The van der Waals surface area contributed by atoms with Crippen LogP contribution in [0, 0.1) is 0 Å². The number of likely N-dealkylation sites (tertiary alicyclic amines) is 1. The van der Waals surface area contributed by atoms with Crippen molar-refractivity contribution < 1.29 is 19.8 Å². The van der Waals surface area contributed by atoms with E-state index in [0.717, 1.165) is 12.8 Å². The Morgan fingerprint density at radius 1 is 1.47 bits per heavy atom. The van der Waals surface area contributed by atoms with E-state index < -0.39 is 11.7 Å². The Labute approximate surface area is 113 Å². The zero-order chi connectivity index (χ0) is 14.5. The first-order valence-electron chi connectivity index (χ1n) is 6.75. The van der Waals surface area contributed by atoms with E-state index in [1.165, 1.54) is 4.90 Å². The van der Waals surface area contributed by atoms with Gasteiger partial charge < -0.3 is 20.4 Å². The summed E-state index contributed by atoms with van der Waals surface area (Å²) in [5.74, 6) is -0.623. The molecular weight excluding hydrogens is 248 g/mol. The van der Waals surface area contributed by atoms with E-state index in [0.29, 0.717) is 25.9 Å². The number of hydrogen-bond acceptors (Lipinski definition) is 4. The Bertz CT molecular complexity index is 325. The summed E-state index contributed by atoms with van der Waals surface area (Å²) in [5.41, 5.74) is -0.818. The summed E-state index contributed by atoms with van der Waals surface area (Å²) in [6.07, 6.45) is 1.54. The highest BCUT2D eigenvalue weighted by Crippen LogP contribution is 2.11. The predicted molar refractivity (Wildman–Crippen MR) is 70.4 cm³/mol. The molecule has 1 aliphatic heterocycles. The minimum Gasteiger partial charge on any atom is -0.390 e. The fourth-order valence-electron chi connectivity index (χ4n) is 1.98. The maximum Gasteiger partial charge on any atom is 0.251 e. The molecule has 0 aromatic carbocycles. The molecule has 0 bridgehead atoms. The third-order valence-electron chi connectivity index (χ3n) is 3.15. The van der Waals surface area contributed by atoms with Crippen molar-refractivity contribution in [2.24, 2.45) is 0 Å². The second-order valence-corrected chi connectivity index (χ2v) is 5.68. The van der Waals surface area contributed by atoms with Gasteiger partial charge >= 0.3 is 0 Å². The molecule has 1 saturated heterocycles. The number of amides is 2.